The van der Waals surface area contributed by atoms with E-state index in [-0.39, 0.29) is 34.2 Å². The van der Waals surface area contributed by atoms with E-state index < -0.39 is 15.8 Å². The Balaban J connectivity index is 1.32. The molecule has 1 unspecified atom stereocenters. The van der Waals surface area contributed by atoms with Crippen LogP contribution in [0.1, 0.15) is 47.7 Å². The summed E-state index contributed by atoms with van der Waals surface area (Å²) in [6, 6.07) is 16.6. The van der Waals surface area contributed by atoms with Crippen LogP contribution in [0.2, 0.25) is 0 Å². The van der Waals surface area contributed by atoms with Crippen molar-refractivity contribution in [1.82, 2.24) is 0 Å². The minimum atomic E-state index is -3.99. The van der Waals surface area contributed by atoms with Gasteiger partial charge in [-0.25, -0.2) is 8.42 Å². The third-order valence-corrected chi connectivity index (χ3v) is 8.11. The van der Waals surface area contributed by atoms with Crippen LogP contribution >= 0.6 is 0 Å². The average Bonchev–Trinajstić information content (AvgIpc) is 2.93. The molecule has 0 aromatic heterocycles. The van der Waals surface area contributed by atoms with Crippen molar-refractivity contribution in [2.24, 2.45) is 0 Å². The first kappa shape index (κ1) is 26.5. The SMILES string of the molecule is CCOc1cccc(NS(=O)(=O)c2ccc3c(c2)C(=O)C(C(=O)CC(C)c2ccc4c(c2)OCCO4)=CC3)c1. The second-order valence-corrected chi connectivity index (χ2v) is 11.2. The summed E-state index contributed by atoms with van der Waals surface area (Å²) in [6.07, 6.45) is 2.13. The summed E-state index contributed by atoms with van der Waals surface area (Å²) < 4.78 is 45.4. The molecule has 9 heteroatoms. The van der Waals surface area contributed by atoms with Gasteiger partial charge in [0.25, 0.3) is 10.0 Å². The van der Waals surface area contributed by atoms with Crippen LogP contribution in [0.5, 0.6) is 17.2 Å². The molecule has 0 bridgehead atoms. The molecule has 1 aliphatic carbocycles. The number of hydrogen-bond donors (Lipinski definition) is 1. The number of fused-ring (bicyclic) bond motifs is 2. The predicted molar refractivity (Wildman–Crippen MR) is 146 cm³/mol. The number of carbonyl (C=O) groups excluding carboxylic acids is 2. The van der Waals surface area contributed by atoms with Crippen molar-refractivity contribution >= 4 is 27.3 Å². The van der Waals surface area contributed by atoms with Gasteiger partial charge in [-0.05, 0) is 66.8 Å². The highest BCUT2D eigenvalue weighted by molar-refractivity contribution is 7.92. The monoisotopic (exact) mass is 547 g/mol. The van der Waals surface area contributed by atoms with Crippen molar-refractivity contribution < 1.29 is 32.2 Å². The molecule has 8 nitrogen and oxygen atoms in total. The highest BCUT2D eigenvalue weighted by atomic mass is 32.2. The van der Waals surface area contributed by atoms with E-state index in [1.54, 1.807) is 36.4 Å². The lowest BCUT2D eigenvalue weighted by Crippen LogP contribution is -2.21. The van der Waals surface area contributed by atoms with Gasteiger partial charge in [-0.2, -0.15) is 0 Å². The van der Waals surface area contributed by atoms with E-state index in [4.69, 9.17) is 14.2 Å². The molecule has 0 saturated carbocycles. The zero-order valence-corrected chi connectivity index (χ0v) is 22.5. The molecule has 1 heterocycles. The lowest BCUT2D eigenvalue weighted by atomic mass is 9.85. The van der Waals surface area contributed by atoms with Crippen molar-refractivity contribution in [3.8, 4) is 17.2 Å². The van der Waals surface area contributed by atoms with Crippen LogP contribution in [-0.4, -0.2) is 39.8 Å². The molecule has 0 fully saturated rings. The quantitative estimate of drug-likeness (QED) is 0.372. The van der Waals surface area contributed by atoms with Gasteiger partial charge in [0.2, 0.25) is 0 Å². The van der Waals surface area contributed by atoms with Crippen molar-refractivity contribution in [3.63, 3.8) is 0 Å². The summed E-state index contributed by atoms with van der Waals surface area (Å²) in [6.45, 7) is 5.18. The van der Waals surface area contributed by atoms with E-state index in [0.29, 0.717) is 54.7 Å². The fourth-order valence-electron chi connectivity index (χ4n) is 4.70. The van der Waals surface area contributed by atoms with Gasteiger partial charge < -0.3 is 14.2 Å². The minimum Gasteiger partial charge on any atom is -0.494 e. The van der Waals surface area contributed by atoms with Crippen molar-refractivity contribution in [2.75, 3.05) is 24.5 Å². The second-order valence-electron chi connectivity index (χ2n) is 9.47. The Morgan fingerprint density at radius 3 is 2.62 bits per heavy atom. The van der Waals surface area contributed by atoms with Crippen LogP contribution in [-0.2, 0) is 21.2 Å². The number of hydrogen-bond acceptors (Lipinski definition) is 7. The summed E-state index contributed by atoms with van der Waals surface area (Å²) in [5.41, 5.74) is 2.23. The van der Waals surface area contributed by atoms with Crippen LogP contribution in [0.15, 0.2) is 77.2 Å². The summed E-state index contributed by atoms with van der Waals surface area (Å²) >= 11 is 0. The molecule has 0 amide bonds. The molecule has 39 heavy (non-hydrogen) atoms. The number of carbonyl (C=O) groups is 2. The Labute approximate surface area is 227 Å². The molecule has 0 radical (unpaired) electrons. The molecule has 1 aliphatic heterocycles. The average molecular weight is 548 g/mol. The molecule has 3 aromatic carbocycles. The first-order valence-electron chi connectivity index (χ1n) is 12.8. The van der Waals surface area contributed by atoms with E-state index in [2.05, 4.69) is 4.72 Å². The van der Waals surface area contributed by atoms with Crippen LogP contribution < -0.4 is 18.9 Å². The van der Waals surface area contributed by atoms with Gasteiger partial charge in [-0.1, -0.05) is 31.2 Å². The standard InChI is InChI=1S/C30H29NO7S/c1-3-36-23-6-4-5-22(17-23)31-39(34,35)24-10-7-20-8-11-25(30(33)26(20)18-24)27(32)15-19(2)21-9-12-28-29(16-21)38-14-13-37-28/h4-7,9-12,16-19,31H,3,8,13-15H2,1-2H3. The van der Waals surface area contributed by atoms with Gasteiger partial charge in [0.15, 0.2) is 23.1 Å². The van der Waals surface area contributed by atoms with Gasteiger partial charge in [-0.3, -0.25) is 14.3 Å². The molecule has 2 aliphatic rings. The number of nitrogens with one attached hydrogen (secondary N) is 1. The third kappa shape index (κ3) is 5.68. The second kappa shape index (κ2) is 10.9. The Kier molecular flexibility index (Phi) is 7.43. The van der Waals surface area contributed by atoms with E-state index in [9.17, 15) is 18.0 Å². The largest absolute Gasteiger partial charge is 0.494 e. The normalized spacial score (nSPS) is 15.1. The zero-order valence-electron chi connectivity index (χ0n) is 21.7. The van der Waals surface area contributed by atoms with Crippen LogP contribution in [0, 0.1) is 0 Å². The highest BCUT2D eigenvalue weighted by Gasteiger charge is 2.29. The van der Waals surface area contributed by atoms with E-state index in [0.717, 1.165) is 5.56 Å². The van der Waals surface area contributed by atoms with Crippen molar-refractivity contribution in [1.29, 1.82) is 0 Å². The maximum Gasteiger partial charge on any atom is 0.261 e. The molecule has 1 N–H and O–H groups in total. The number of ketones is 2. The molecule has 0 saturated heterocycles. The molecule has 0 spiro atoms. The van der Waals surface area contributed by atoms with E-state index >= 15 is 0 Å². The molecule has 202 valence electrons. The minimum absolute atomic E-state index is 0.0604. The smallest absolute Gasteiger partial charge is 0.261 e. The van der Waals surface area contributed by atoms with Crippen LogP contribution in [0.4, 0.5) is 5.69 Å². The number of sulfonamides is 1. The number of Topliss-reactive ketones (excluding diaryl/α,β-unsaturated/α-hetero) is 2. The predicted octanol–water partition coefficient (Wildman–Crippen LogP) is 5.09. The number of anilines is 1. The lowest BCUT2D eigenvalue weighted by molar-refractivity contribution is -0.115. The van der Waals surface area contributed by atoms with Gasteiger partial charge in [0, 0.05) is 18.1 Å². The summed E-state index contributed by atoms with van der Waals surface area (Å²) in [5, 5.41) is 0. The Morgan fingerprint density at radius 1 is 1.03 bits per heavy atom. The van der Waals surface area contributed by atoms with Gasteiger partial charge in [-0.15, -0.1) is 0 Å². The van der Waals surface area contributed by atoms with Crippen molar-refractivity contribution in [2.45, 2.75) is 37.5 Å². The highest BCUT2D eigenvalue weighted by Crippen LogP contribution is 2.35. The van der Waals surface area contributed by atoms with E-state index in [1.165, 1.54) is 12.1 Å². The molecular weight excluding hydrogens is 518 g/mol. The zero-order chi connectivity index (χ0) is 27.6. The Bertz CT molecular complexity index is 1580. The van der Waals surface area contributed by atoms with Crippen molar-refractivity contribution in [3.05, 3.63) is 89.0 Å². The van der Waals surface area contributed by atoms with Gasteiger partial charge in [0.1, 0.15) is 19.0 Å². The summed E-state index contributed by atoms with van der Waals surface area (Å²) in [7, 11) is -3.99. The molecule has 3 aromatic rings. The first-order valence-corrected chi connectivity index (χ1v) is 14.3. The van der Waals surface area contributed by atoms with Gasteiger partial charge in [0.05, 0.1) is 22.8 Å². The van der Waals surface area contributed by atoms with Crippen LogP contribution in [0.3, 0.4) is 0 Å². The summed E-state index contributed by atoms with van der Waals surface area (Å²) in [4.78, 5) is 26.5. The van der Waals surface area contributed by atoms with E-state index in [1.807, 2.05) is 32.0 Å². The molecular formula is C30H29NO7S. The maximum atomic E-state index is 13.4. The first-order chi connectivity index (χ1) is 18.7. The fraction of sp³-hybridized carbons (Fsp3) is 0.267. The number of rotatable bonds is 9. The van der Waals surface area contributed by atoms with Crippen LogP contribution in [0.25, 0.3) is 0 Å². The molecule has 1 atom stereocenters. The molecule has 5 rings (SSSR count). The number of ether oxygens (including phenoxy) is 3. The Morgan fingerprint density at radius 2 is 1.82 bits per heavy atom. The Hall–Kier alpha value is -4.11. The number of benzene rings is 3. The third-order valence-electron chi connectivity index (χ3n) is 6.73. The number of allylic oxidation sites excluding steroid dienone is 2. The summed E-state index contributed by atoms with van der Waals surface area (Å²) in [5.74, 6) is 0.946. The van der Waals surface area contributed by atoms with Gasteiger partial charge >= 0.3 is 0 Å². The lowest BCUT2D eigenvalue weighted by Gasteiger charge is -2.21. The maximum absolute atomic E-state index is 13.4. The fourth-order valence-corrected chi connectivity index (χ4v) is 5.78. The topological polar surface area (TPSA) is 108 Å².